The van der Waals surface area contributed by atoms with Crippen LogP contribution >= 0.6 is 0 Å². The second-order valence-corrected chi connectivity index (χ2v) is 9.63. The minimum absolute atomic E-state index is 0.0675. The number of benzene rings is 2. The molecule has 186 valence electrons. The number of halogens is 3. The lowest BCUT2D eigenvalue weighted by Crippen LogP contribution is -2.42. The number of rotatable bonds is 11. The van der Waals surface area contributed by atoms with Crippen LogP contribution < -0.4 is 14.8 Å². The fraction of sp³-hybridized carbons (Fsp3) is 0.409. The van der Waals surface area contributed by atoms with E-state index in [2.05, 4.69) is 15.0 Å². The predicted molar refractivity (Wildman–Crippen MR) is 117 cm³/mol. The summed E-state index contributed by atoms with van der Waals surface area (Å²) in [6.07, 6.45) is -3.80. The molecule has 1 aliphatic rings. The van der Waals surface area contributed by atoms with Crippen molar-refractivity contribution in [3.8, 4) is 17.2 Å². The number of nitrogens with zero attached hydrogens (tertiary/aromatic N) is 1. The van der Waals surface area contributed by atoms with Gasteiger partial charge in [0.05, 0.1) is 23.9 Å². The quantitative estimate of drug-likeness (QED) is 0.472. The second kappa shape index (κ2) is 11.5. The zero-order valence-electron chi connectivity index (χ0n) is 18.2. The molecule has 1 amide bonds. The summed E-state index contributed by atoms with van der Waals surface area (Å²) in [7, 11) is -3.69. The minimum atomic E-state index is -4.79. The molecule has 12 heteroatoms. The van der Waals surface area contributed by atoms with E-state index in [9.17, 15) is 26.4 Å². The third-order valence-electron chi connectivity index (χ3n) is 5.10. The molecule has 2 aromatic carbocycles. The molecule has 2 aromatic rings. The molecular weight excluding hydrogens is 477 g/mol. The largest absolute Gasteiger partial charge is 0.573 e. The summed E-state index contributed by atoms with van der Waals surface area (Å²) in [6.45, 7) is 3.43. The molecule has 0 aliphatic carbocycles. The van der Waals surface area contributed by atoms with E-state index in [-0.39, 0.29) is 22.1 Å². The summed E-state index contributed by atoms with van der Waals surface area (Å²) < 4.78 is 77.1. The lowest BCUT2D eigenvalue weighted by molar-refractivity contribution is -0.274. The molecule has 0 saturated carbocycles. The highest BCUT2D eigenvalue weighted by molar-refractivity contribution is 7.91. The number of morpholine rings is 1. The van der Waals surface area contributed by atoms with Crippen LogP contribution in [0.1, 0.15) is 6.42 Å². The first kappa shape index (κ1) is 25.8. The fourth-order valence-corrected chi connectivity index (χ4v) is 4.93. The highest BCUT2D eigenvalue weighted by Crippen LogP contribution is 2.28. The zero-order chi connectivity index (χ0) is 24.6. The van der Waals surface area contributed by atoms with Crippen molar-refractivity contribution in [2.24, 2.45) is 0 Å². The van der Waals surface area contributed by atoms with Gasteiger partial charge in [0, 0.05) is 25.7 Å². The van der Waals surface area contributed by atoms with Crippen molar-refractivity contribution in [3.05, 3.63) is 48.5 Å². The Morgan fingerprint density at radius 1 is 1.00 bits per heavy atom. The predicted octanol–water partition coefficient (Wildman–Crippen LogP) is 2.99. The molecule has 1 aliphatic heterocycles. The van der Waals surface area contributed by atoms with Crippen molar-refractivity contribution in [2.45, 2.75) is 23.7 Å². The Hall–Kier alpha value is -2.83. The highest BCUT2D eigenvalue weighted by atomic mass is 32.2. The van der Waals surface area contributed by atoms with Crippen molar-refractivity contribution < 1.29 is 40.6 Å². The van der Waals surface area contributed by atoms with Gasteiger partial charge in [0.25, 0.3) is 0 Å². The summed E-state index contributed by atoms with van der Waals surface area (Å²) in [5.41, 5.74) is 0. The number of sulfone groups is 1. The van der Waals surface area contributed by atoms with Crippen LogP contribution in [0.25, 0.3) is 0 Å². The number of alkyl halides is 3. The van der Waals surface area contributed by atoms with Crippen LogP contribution in [0.4, 0.5) is 13.2 Å². The number of hydrogen-bond donors (Lipinski definition) is 1. The molecule has 1 N–H and O–H groups in total. The van der Waals surface area contributed by atoms with E-state index in [0.717, 1.165) is 25.2 Å². The maximum atomic E-state index is 12.9. The first-order chi connectivity index (χ1) is 16.1. The van der Waals surface area contributed by atoms with E-state index in [0.29, 0.717) is 38.3 Å². The molecule has 1 unspecified atom stereocenters. The number of ether oxygens (including phenoxy) is 3. The molecule has 0 radical (unpaired) electrons. The van der Waals surface area contributed by atoms with E-state index in [4.69, 9.17) is 9.47 Å². The van der Waals surface area contributed by atoms with Gasteiger partial charge in [-0.05, 0) is 55.0 Å². The Kier molecular flexibility index (Phi) is 8.75. The molecule has 1 atom stereocenters. The first-order valence-electron chi connectivity index (χ1n) is 10.5. The Morgan fingerprint density at radius 2 is 1.56 bits per heavy atom. The number of carbonyl (C=O) groups is 1. The molecule has 8 nitrogen and oxygen atoms in total. The van der Waals surface area contributed by atoms with Gasteiger partial charge < -0.3 is 19.5 Å². The number of nitrogens with one attached hydrogen (secondary N) is 1. The van der Waals surface area contributed by atoms with E-state index >= 15 is 0 Å². The van der Waals surface area contributed by atoms with Crippen LogP contribution in [0, 0.1) is 0 Å². The molecular formula is C22H25F3N2O6S. The van der Waals surface area contributed by atoms with Gasteiger partial charge in [0.15, 0.2) is 9.84 Å². The maximum absolute atomic E-state index is 12.9. The lowest BCUT2D eigenvalue weighted by atomic mass is 10.2. The van der Waals surface area contributed by atoms with E-state index in [1.807, 2.05) is 0 Å². The fourth-order valence-electron chi connectivity index (χ4n) is 3.40. The van der Waals surface area contributed by atoms with Gasteiger partial charge in [-0.3, -0.25) is 9.69 Å². The molecule has 3 rings (SSSR count). The third-order valence-corrected chi connectivity index (χ3v) is 6.93. The Balaban J connectivity index is 1.58. The Morgan fingerprint density at radius 3 is 2.12 bits per heavy atom. The average Bonchev–Trinajstić information content (AvgIpc) is 2.79. The summed E-state index contributed by atoms with van der Waals surface area (Å²) in [5, 5.41) is 2.59. The van der Waals surface area contributed by atoms with Crippen LogP contribution in [0.5, 0.6) is 17.2 Å². The van der Waals surface area contributed by atoms with E-state index < -0.39 is 22.2 Å². The van der Waals surface area contributed by atoms with E-state index in [1.165, 1.54) is 36.4 Å². The van der Waals surface area contributed by atoms with Gasteiger partial charge in [0.1, 0.15) is 17.2 Å². The monoisotopic (exact) mass is 502 g/mol. The van der Waals surface area contributed by atoms with Crippen LogP contribution in [0.2, 0.25) is 0 Å². The average molecular weight is 503 g/mol. The summed E-state index contributed by atoms with van der Waals surface area (Å²) in [6, 6.07) is 9.94. The van der Waals surface area contributed by atoms with Gasteiger partial charge in [-0.15, -0.1) is 13.2 Å². The number of carbonyl (C=O) groups excluding carboxylic acids is 1. The zero-order valence-corrected chi connectivity index (χ0v) is 19.0. The normalized spacial score (nSPS) is 16.0. The van der Waals surface area contributed by atoms with Gasteiger partial charge >= 0.3 is 6.36 Å². The smallest absolute Gasteiger partial charge is 0.457 e. The van der Waals surface area contributed by atoms with Gasteiger partial charge in [-0.1, -0.05) is 0 Å². The molecule has 0 spiro atoms. The van der Waals surface area contributed by atoms with Crippen LogP contribution in [0.3, 0.4) is 0 Å². The molecule has 34 heavy (non-hydrogen) atoms. The third kappa shape index (κ3) is 8.19. The Labute approximate surface area is 195 Å². The number of amides is 1. The first-order valence-corrected chi connectivity index (χ1v) is 12.2. The Bertz CT molecular complexity index is 1020. The topological polar surface area (TPSA) is 94.2 Å². The molecule has 1 heterocycles. The SMILES string of the molecule is O=CNC(CCN1CCOCC1)CS(=O)(=O)c1ccc(Oc2ccc(OC(F)(F)F)cc2)cc1. The second-order valence-electron chi connectivity index (χ2n) is 7.60. The lowest BCUT2D eigenvalue weighted by Gasteiger charge is -2.28. The van der Waals surface area contributed by atoms with Crippen molar-refractivity contribution >= 4 is 16.2 Å². The van der Waals surface area contributed by atoms with Crippen molar-refractivity contribution in [3.63, 3.8) is 0 Å². The summed E-state index contributed by atoms with van der Waals surface area (Å²) in [4.78, 5) is 13.2. The van der Waals surface area contributed by atoms with Gasteiger partial charge in [0.2, 0.25) is 6.41 Å². The van der Waals surface area contributed by atoms with Crippen molar-refractivity contribution in [2.75, 3.05) is 38.6 Å². The highest BCUT2D eigenvalue weighted by Gasteiger charge is 2.31. The van der Waals surface area contributed by atoms with Gasteiger partial charge in [-0.25, -0.2) is 8.42 Å². The molecule has 0 bridgehead atoms. The van der Waals surface area contributed by atoms with Crippen molar-refractivity contribution in [1.82, 2.24) is 10.2 Å². The standard InChI is InChI=1S/C22H25F3N2O6S/c23-22(24,25)33-20-3-1-18(2-4-20)32-19-5-7-21(8-6-19)34(29,30)15-17(26-16-28)9-10-27-11-13-31-14-12-27/h1-8,16-17H,9-15H2,(H,26,28). The number of hydrogen-bond acceptors (Lipinski definition) is 7. The molecule has 0 aromatic heterocycles. The summed E-state index contributed by atoms with van der Waals surface area (Å²) in [5.74, 6) is -0.0769. The van der Waals surface area contributed by atoms with Crippen molar-refractivity contribution in [1.29, 1.82) is 0 Å². The minimum Gasteiger partial charge on any atom is -0.457 e. The van der Waals surface area contributed by atoms with Gasteiger partial charge in [-0.2, -0.15) is 0 Å². The van der Waals surface area contributed by atoms with Crippen LogP contribution in [-0.4, -0.2) is 70.7 Å². The molecule has 1 fully saturated rings. The van der Waals surface area contributed by atoms with Crippen LogP contribution in [-0.2, 0) is 19.4 Å². The van der Waals surface area contributed by atoms with E-state index in [1.54, 1.807) is 0 Å². The summed E-state index contributed by atoms with van der Waals surface area (Å²) >= 11 is 0. The molecule has 1 saturated heterocycles. The maximum Gasteiger partial charge on any atom is 0.573 e. The van der Waals surface area contributed by atoms with Crippen LogP contribution in [0.15, 0.2) is 53.4 Å².